The Hall–Kier alpha value is -1.82. The molecular formula is C14H19N3O2S. The van der Waals surface area contributed by atoms with E-state index in [9.17, 15) is 8.42 Å². The molecule has 0 aliphatic carbocycles. The predicted molar refractivity (Wildman–Crippen MR) is 79.5 cm³/mol. The number of benzene rings is 1. The first-order chi connectivity index (χ1) is 9.22. The molecule has 0 bridgehead atoms. The van der Waals surface area contributed by atoms with E-state index in [1.165, 1.54) is 0 Å². The quantitative estimate of drug-likeness (QED) is 0.913. The van der Waals surface area contributed by atoms with Crippen LogP contribution < -0.4 is 4.72 Å². The standard InChI is InChI=1S/C14H19N3O2S/c1-8-6-9(2)12(5)14(11(8)4)20(18,19)17-13-7-10(3)15-16-13/h6-7H,1-5H3,(H2,15,16,17). The molecule has 1 aromatic heterocycles. The van der Waals surface area contributed by atoms with E-state index < -0.39 is 10.0 Å². The number of aryl methyl sites for hydroxylation is 3. The molecule has 20 heavy (non-hydrogen) atoms. The maximum Gasteiger partial charge on any atom is 0.263 e. The van der Waals surface area contributed by atoms with E-state index in [0.29, 0.717) is 10.7 Å². The molecule has 1 aromatic carbocycles. The summed E-state index contributed by atoms with van der Waals surface area (Å²) in [5.41, 5.74) is 4.27. The van der Waals surface area contributed by atoms with Gasteiger partial charge in [-0.1, -0.05) is 6.07 Å². The van der Waals surface area contributed by atoms with Gasteiger partial charge in [0.15, 0.2) is 5.82 Å². The number of aromatic amines is 1. The number of nitrogens with one attached hydrogen (secondary N) is 2. The lowest BCUT2D eigenvalue weighted by Crippen LogP contribution is -2.17. The Bertz CT molecular complexity index is 735. The molecule has 2 N–H and O–H groups in total. The molecule has 2 rings (SSSR count). The summed E-state index contributed by atoms with van der Waals surface area (Å²) in [5, 5.41) is 6.63. The second kappa shape index (κ2) is 4.94. The maximum absolute atomic E-state index is 12.6. The fourth-order valence-corrected chi connectivity index (χ4v) is 3.85. The average Bonchev–Trinajstić information content (AvgIpc) is 2.71. The number of anilines is 1. The molecule has 0 aliphatic rings. The van der Waals surface area contributed by atoms with Crippen molar-refractivity contribution in [1.82, 2.24) is 10.2 Å². The third kappa shape index (κ3) is 2.56. The van der Waals surface area contributed by atoms with Crippen LogP contribution in [-0.2, 0) is 10.0 Å². The molecule has 0 aliphatic heterocycles. The van der Waals surface area contributed by atoms with Crippen LogP contribution in [0.2, 0.25) is 0 Å². The minimum Gasteiger partial charge on any atom is -0.281 e. The number of H-pyrrole nitrogens is 1. The second-order valence-corrected chi connectivity index (χ2v) is 6.75. The molecule has 2 aromatic rings. The maximum atomic E-state index is 12.6. The van der Waals surface area contributed by atoms with Crippen molar-refractivity contribution in [3.05, 3.63) is 40.1 Å². The van der Waals surface area contributed by atoms with E-state index >= 15 is 0 Å². The largest absolute Gasteiger partial charge is 0.281 e. The molecule has 0 saturated heterocycles. The van der Waals surface area contributed by atoms with Gasteiger partial charge in [0.05, 0.1) is 4.90 Å². The Balaban J connectivity index is 2.55. The minimum absolute atomic E-state index is 0.306. The highest BCUT2D eigenvalue weighted by atomic mass is 32.2. The third-order valence-electron chi connectivity index (χ3n) is 3.51. The monoisotopic (exact) mass is 293 g/mol. The van der Waals surface area contributed by atoms with Gasteiger partial charge in [0.1, 0.15) is 0 Å². The highest BCUT2D eigenvalue weighted by molar-refractivity contribution is 7.92. The fourth-order valence-electron chi connectivity index (χ4n) is 2.24. The molecular weight excluding hydrogens is 274 g/mol. The average molecular weight is 293 g/mol. The smallest absolute Gasteiger partial charge is 0.263 e. The van der Waals surface area contributed by atoms with Gasteiger partial charge in [-0.05, 0) is 56.9 Å². The molecule has 0 atom stereocenters. The van der Waals surface area contributed by atoms with Crippen LogP contribution in [0.3, 0.4) is 0 Å². The van der Waals surface area contributed by atoms with E-state index in [1.807, 2.05) is 40.7 Å². The summed E-state index contributed by atoms with van der Waals surface area (Å²) in [6.45, 7) is 9.30. The lowest BCUT2D eigenvalue weighted by molar-refractivity contribution is 0.599. The van der Waals surface area contributed by atoms with Crippen LogP contribution in [0.5, 0.6) is 0 Å². The van der Waals surface area contributed by atoms with Crippen molar-refractivity contribution in [2.45, 2.75) is 39.5 Å². The van der Waals surface area contributed by atoms with Crippen molar-refractivity contribution in [2.24, 2.45) is 0 Å². The topological polar surface area (TPSA) is 74.8 Å². The van der Waals surface area contributed by atoms with Gasteiger partial charge in [0.2, 0.25) is 0 Å². The number of nitrogens with zero attached hydrogens (tertiary/aromatic N) is 1. The van der Waals surface area contributed by atoms with E-state index in [2.05, 4.69) is 14.9 Å². The second-order valence-electron chi connectivity index (χ2n) is 5.13. The number of aromatic nitrogens is 2. The van der Waals surface area contributed by atoms with Crippen molar-refractivity contribution < 1.29 is 8.42 Å². The molecule has 0 radical (unpaired) electrons. The summed E-state index contributed by atoms with van der Waals surface area (Å²) in [6.07, 6.45) is 0. The summed E-state index contributed by atoms with van der Waals surface area (Å²) < 4.78 is 27.7. The van der Waals surface area contributed by atoms with Gasteiger partial charge in [-0.2, -0.15) is 5.10 Å². The van der Waals surface area contributed by atoms with Crippen LogP contribution >= 0.6 is 0 Å². The Morgan fingerprint density at radius 3 is 2.00 bits per heavy atom. The predicted octanol–water partition coefficient (Wildman–Crippen LogP) is 2.75. The number of rotatable bonds is 3. The van der Waals surface area contributed by atoms with Crippen molar-refractivity contribution in [3.63, 3.8) is 0 Å². The molecule has 0 unspecified atom stereocenters. The number of sulfonamides is 1. The SMILES string of the molecule is Cc1cc(NS(=O)(=O)c2c(C)c(C)cc(C)c2C)n[nH]1. The Labute approximate surface area is 119 Å². The van der Waals surface area contributed by atoms with Crippen LogP contribution in [0.25, 0.3) is 0 Å². The highest BCUT2D eigenvalue weighted by Crippen LogP contribution is 2.27. The molecule has 0 amide bonds. The lowest BCUT2D eigenvalue weighted by atomic mass is 10.0. The first kappa shape index (κ1) is 14.6. The molecule has 1 heterocycles. The molecule has 108 valence electrons. The summed E-state index contributed by atoms with van der Waals surface area (Å²) in [4.78, 5) is 0.343. The van der Waals surface area contributed by atoms with E-state index in [1.54, 1.807) is 6.07 Å². The van der Waals surface area contributed by atoms with Crippen LogP contribution in [0.15, 0.2) is 17.0 Å². The van der Waals surface area contributed by atoms with Gasteiger partial charge in [0.25, 0.3) is 10.0 Å². The van der Waals surface area contributed by atoms with Crippen molar-refractivity contribution >= 4 is 15.8 Å². The summed E-state index contributed by atoms with van der Waals surface area (Å²) >= 11 is 0. The van der Waals surface area contributed by atoms with Crippen LogP contribution in [0, 0.1) is 34.6 Å². The zero-order valence-electron chi connectivity index (χ0n) is 12.3. The fraction of sp³-hybridized carbons (Fsp3) is 0.357. The van der Waals surface area contributed by atoms with Crippen molar-refractivity contribution in [1.29, 1.82) is 0 Å². The van der Waals surface area contributed by atoms with Gasteiger partial charge < -0.3 is 0 Å². The van der Waals surface area contributed by atoms with E-state index in [4.69, 9.17) is 0 Å². The van der Waals surface area contributed by atoms with Crippen LogP contribution in [-0.4, -0.2) is 18.6 Å². The van der Waals surface area contributed by atoms with Crippen LogP contribution in [0.4, 0.5) is 5.82 Å². The van der Waals surface area contributed by atoms with Crippen LogP contribution in [0.1, 0.15) is 27.9 Å². The summed E-state index contributed by atoms with van der Waals surface area (Å²) in [5.74, 6) is 0.306. The zero-order chi connectivity index (χ0) is 15.1. The minimum atomic E-state index is -3.64. The molecule has 0 fully saturated rings. The van der Waals surface area contributed by atoms with Gasteiger partial charge in [-0.25, -0.2) is 8.42 Å². The molecule has 6 heteroatoms. The van der Waals surface area contributed by atoms with Crippen molar-refractivity contribution in [2.75, 3.05) is 4.72 Å². The third-order valence-corrected chi connectivity index (χ3v) is 5.14. The lowest BCUT2D eigenvalue weighted by Gasteiger charge is -2.15. The highest BCUT2D eigenvalue weighted by Gasteiger charge is 2.22. The zero-order valence-corrected chi connectivity index (χ0v) is 13.1. The summed E-state index contributed by atoms with van der Waals surface area (Å²) in [6, 6.07) is 3.66. The van der Waals surface area contributed by atoms with Gasteiger partial charge >= 0.3 is 0 Å². The first-order valence-corrected chi connectivity index (χ1v) is 7.83. The van der Waals surface area contributed by atoms with Gasteiger partial charge in [-0.3, -0.25) is 9.82 Å². The normalized spacial score (nSPS) is 11.7. The number of hydrogen-bond acceptors (Lipinski definition) is 3. The Morgan fingerprint density at radius 2 is 1.55 bits per heavy atom. The van der Waals surface area contributed by atoms with Gasteiger partial charge in [0, 0.05) is 11.8 Å². The summed E-state index contributed by atoms with van der Waals surface area (Å²) in [7, 11) is -3.64. The first-order valence-electron chi connectivity index (χ1n) is 6.34. The van der Waals surface area contributed by atoms with Gasteiger partial charge in [-0.15, -0.1) is 0 Å². The van der Waals surface area contributed by atoms with E-state index in [-0.39, 0.29) is 0 Å². The number of hydrogen-bond donors (Lipinski definition) is 2. The molecule has 0 saturated carbocycles. The molecule has 5 nitrogen and oxygen atoms in total. The Kier molecular flexibility index (Phi) is 3.60. The van der Waals surface area contributed by atoms with E-state index in [0.717, 1.165) is 27.9 Å². The van der Waals surface area contributed by atoms with Crippen molar-refractivity contribution in [3.8, 4) is 0 Å². The Morgan fingerprint density at radius 1 is 1.00 bits per heavy atom. The molecule has 0 spiro atoms.